The lowest BCUT2D eigenvalue weighted by molar-refractivity contribution is 0.284. The molecule has 17 heavy (non-hydrogen) atoms. The Kier molecular flexibility index (Phi) is 3.21. The van der Waals surface area contributed by atoms with Gasteiger partial charge in [-0.2, -0.15) is 0 Å². The molecule has 2 aliphatic rings. The van der Waals surface area contributed by atoms with E-state index in [2.05, 4.69) is 29.3 Å². The Bertz CT molecular complexity index is 370. The van der Waals surface area contributed by atoms with Crippen molar-refractivity contribution in [2.75, 3.05) is 13.1 Å². The van der Waals surface area contributed by atoms with Crippen molar-refractivity contribution in [3.05, 3.63) is 23.7 Å². The number of hydrogen-bond donors (Lipinski definition) is 1. The van der Waals surface area contributed by atoms with E-state index >= 15 is 0 Å². The van der Waals surface area contributed by atoms with E-state index in [1.165, 1.54) is 32.4 Å². The summed E-state index contributed by atoms with van der Waals surface area (Å²) in [4.78, 5) is 2.49. The molecular formula is C14H22N2O. The molecule has 2 fully saturated rings. The zero-order chi connectivity index (χ0) is 11.7. The molecule has 1 aromatic rings. The van der Waals surface area contributed by atoms with Crippen LogP contribution in [0.25, 0.3) is 0 Å². The van der Waals surface area contributed by atoms with Crippen LogP contribution in [0.1, 0.15) is 37.7 Å². The predicted molar refractivity (Wildman–Crippen MR) is 67.6 cm³/mol. The van der Waals surface area contributed by atoms with Crippen molar-refractivity contribution >= 4 is 0 Å². The quantitative estimate of drug-likeness (QED) is 0.848. The summed E-state index contributed by atoms with van der Waals surface area (Å²) in [6.07, 6.45) is 4.00. The first kappa shape index (κ1) is 11.3. The fourth-order valence-corrected chi connectivity index (χ4v) is 2.52. The largest absolute Gasteiger partial charge is 0.463 e. The van der Waals surface area contributed by atoms with E-state index in [9.17, 15) is 0 Å². The van der Waals surface area contributed by atoms with Crippen molar-refractivity contribution in [1.82, 2.24) is 10.2 Å². The highest BCUT2D eigenvalue weighted by molar-refractivity contribution is 5.07. The molecule has 1 saturated carbocycles. The van der Waals surface area contributed by atoms with E-state index in [1.807, 2.05) is 0 Å². The van der Waals surface area contributed by atoms with Crippen LogP contribution in [0, 0.1) is 5.92 Å². The molecule has 2 heterocycles. The average Bonchev–Trinajstić information content (AvgIpc) is 2.90. The highest BCUT2D eigenvalue weighted by Crippen LogP contribution is 2.21. The molecule has 1 aliphatic carbocycles. The molecule has 1 N–H and O–H groups in total. The van der Waals surface area contributed by atoms with Crippen molar-refractivity contribution in [3.63, 3.8) is 0 Å². The highest BCUT2D eigenvalue weighted by atomic mass is 16.3. The Morgan fingerprint density at radius 2 is 2.12 bits per heavy atom. The van der Waals surface area contributed by atoms with Crippen LogP contribution in [0.3, 0.4) is 0 Å². The Morgan fingerprint density at radius 1 is 1.29 bits per heavy atom. The van der Waals surface area contributed by atoms with Gasteiger partial charge in [0.05, 0.1) is 13.1 Å². The third kappa shape index (κ3) is 3.11. The van der Waals surface area contributed by atoms with Gasteiger partial charge in [0.25, 0.3) is 0 Å². The standard InChI is InChI=1S/C14H22N2O/c1-11-6-7-16(9-11)10-14-5-4-13(17-14)8-15-12-2-3-12/h4-5,11-12,15H,2-3,6-10H2,1H3. The van der Waals surface area contributed by atoms with Crippen molar-refractivity contribution in [2.24, 2.45) is 5.92 Å². The number of likely N-dealkylation sites (tertiary alicyclic amines) is 1. The fourth-order valence-electron chi connectivity index (χ4n) is 2.52. The van der Waals surface area contributed by atoms with Crippen molar-refractivity contribution in [2.45, 2.75) is 45.3 Å². The van der Waals surface area contributed by atoms with Crippen molar-refractivity contribution in [1.29, 1.82) is 0 Å². The van der Waals surface area contributed by atoms with Crippen LogP contribution in [0.4, 0.5) is 0 Å². The first-order valence-electron chi connectivity index (χ1n) is 6.83. The monoisotopic (exact) mass is 234 g/mol. The Hall–Kier alpha value is -0.800. The minimum Gasteiger partial charge on any atom is -0.463 e. The summed E-state index contributed by atoms with van der Waals surface area (Å²) >= 11 is 0. The number of rotatable bonds is 5. The molecule has 94 valence electrons. The summed E-state index contributed by atoms with van der Waals surface area (Å²) in [6.45, 7) is 6.63. The zero-order valence-corrected chi connectivity index (χ0v) is 10.6. The molecule has 3 rings (SSSR count). The molecule has 3 nitrogen and oxygen atoms in total. The molecule has 0 amide bonds. The second kappa shape index (κ2) is 4.83. The normalized spacial score (nSPS) is 25.6. The van der Waals surface area contributed by atoms with E-state index in [0.29, 0.717) is 0 Å². The first-order valence-corrected chi connectivity index (χ1v) is 6.83. The molecule has 3 heteroatoms. The number of nitrogens with one attached hydrogen (secondary N) is 1. The molecule has 0 bridgehead atoms. The number of furan rings is 1. The van der Waals surface area contributed by atoms with Crippen LogP contribution in [0.15, 0.2) is 16.5 Å². The Labute approximate surface area is 103 Å². The van der Waals surface area contributed by atoms with Gasteiger partial charge in [-0.1, -0.05) is 6.92 Å². The SMILES string of the molecule is CC1CCN(Cc2ccc(CNC3CC3)o2)C1. The molecule has 0 spiro atoms. The van der Waals surface area contributed by atoms with Crippen LogP contribution in [0.2, 0.25) is 0 Å². The average molecular weight is 234 g/mol. The summed E-state index contributed by atoms with van der Waals surface area (Å²) in [5.41, 5.74) is 0. The summed E-state index contributed by atoms with van der Waals surface area (Å²) in [6, 6.07) is 5.00. The van der Waals surface area contributed by atoms with Gasteiger partial charge in [0.15, 0.2) is 0 Å². The van der Waals surface area contributed by atoms with E-state index in [-0.39, 0.29) is 0 Å². The van der Waals surface area contributed by atoms with Crippen LogP contribution in [0.5, 0.6) is 0 Å². The fraction of sp³-hybridized carbons (Fsp3) is 0.714. The molecule has 1 saturated heterocycles. The van der Waals surface area contributed by atoms with Gasteiger partial charge in [0.1, 0.15) is 11.5 Å². The van der Waals surface area contributed by atoms with Gasteiger partial charge in [-0.15, -0.1) is 0 Å². The van der Waals surface area contributed by atoms with Gasteiger partial charge >= 0.3 is 0 Å². The minimum absolute atomic E-state index is 0.753. The van der Waals surface area contributed by atoms with Crippen LogP contribution in [-0.4, -0.2) is 24.0 Å². The summed E-state index contributed by atoms with van der Waals surface area (Å²) in [7, 11) is 0. The predicted octanol–water partition coefficient (Wildman–Crippen LogP) is 2.37. The Morgan fingerprint density at radius 3 is 2.82 bits per heavy atom. The van der Waals surface area contributed by atoms with Gasteiger partial charge in [-0.3, -0.25) is 4.90 Å². The molecular weight excluding hydrogens is 212 g/mol. The van der Waals surface area contributed by atoms with Gasteiger partial charge < -0.3 is 9.73 Å². The second-order valence-corrected chi connectivity index (χ2v) is 5.65. The lowest BCUT2D eigenvalue weighted by Gasteiger charge is -2.12. The zero-order valence-electron chi connectivity index (χ0n) is 10.6. The summed E-state index contributed by atoms with van der Waals surface area (Å²) in [5, 5.41) is 3.48. The molecule has 1 aliphatic heterocycles. The maximum Gasteiger partial charge on any atom is 0.118 e. The summed E-state index contributed by atoms with van der Waals surface area (Å²) < 4.78 is 5.85. The third-order valence-corrected chi connectivity index (χ3v) is 3.75. The van der Waals surface area contributed by atoms with E-state index in [1.54, 1.807) is 0 Å². The van der Waals surface area contributed by atoms with Crippen LogP contribution >= 0.6 is 0 Å². The van der Waals surface area contributed by atoms with E-state index in [4.69, 9.17) is 4.42 Å². The third-order valence-electron chi connectivity index (χ3n) is 3.75. The van der Waals surface area contributed by atoms with Crippen LogP contribution in [-0.2, 0) is 13.1 Å². The molecule has 1 aromatic heterocycles. The van der Waals surface area contributed by atoms with Gasteiger partial charge in [-0.05, 0) is 43.9 Å². The van der Waals surface area contributed by atoms with Crippen molar-refractivity contribution < 1.29 is 4.42 Å². The lowest BCUT2D eigenvalue weighted by atomic mass is 10.2. The molecule has 0 aromatic carbocycles. The topological polar surface area (TPSA) is 28.4 Å². The summed E-state index contributed by atoms with van der Waals surface area (Å²) in [5.74, 6) is 3.05. The van der Waals surface area contributed by atoms with Gasteiger partial charge in [-0.25, -0.2) is 0 Å². The number of nitrogens with zero attached hydrogens (tertiary/aromatic N) is 1. The van der Waals surface area contributed by atoms with E-state index in [0.717, 1.165) is 36.6 Å². The maximum atomic E-state index is 5.85. The molecule has 0 radical (unpaired) electrons. The van der Waals surface area contributed by atoms with E-state index < -0.39 is 0 Å². The van der Waals surface area contributed by atoms with Gasteiger partial charge in [0.2, 0.25) is 0 Å². The second-order valence-electron chi connectivity index (χ2n) is 5.65. The van der Waals surface area contributed by atoms with Crippen LogP contribution < -0.4 is 5.32 Å². The van der Waals surface area contributed by atoms with Gasteiger partial charge in [0, 0.05) is 12.6 Å². The molecule has 1 unspecified atom stereocenters. The number of hydrogen-bond acceptors (Lipinski definition) is 3. The molecule has 1 atom stereocenters. The first-order chi connectivity index (χ1) is 8.29. The smallest absolute Gasteiger partial charge is 0.118 e. The maximum absolute atomic E-state index is 5.85. The highest BCUT2D eigenvalue weighted by Gasteiger charge is 2.21. The Balaban J connectivity index is 1.49. The van der Waals surface area contributed by atoms with Crippen molar-refractivity contribution in [3.8, 4) is 0 Å². The minimum atomic E-state index is 0.753. The lowest BCUT2D eigenvalue weighted by Crippen LogP contribution is -2.19.